The molecule has 0 spiro atoms. The summed E-state index contributed by atoms with van der Waals surface area (Å²) < 4.78 is 52.3. The SMILES string of the molecule is CCCCCC(NCC)c1cccc(C(F)(F)F)c1F. The fraction of sp³-hybridized carbons (Fsp3) is 0.600. The summed E-state index contributed by atoms with van der Waals surface area (Å²) in [5, 5.41) is 3.07. The Balaban J connectivity index is 3.01. The maximum absolute atomic E-state index is 14.1. The minimum absolute atomic E-state index is 0.109. The van der Waals surface area contributed by atoms with Gasteiger partial charge in [-0.3, -0.25) is 0 Å². The van der Waals surface area contributed by atoms with E-state index in [0.29, 0.717) is 13.0 Å². The van der Waals surface area contributed by atoms with Crippen LogP contribution in [0.2, 0.25) is 0 Å². The fourth-order valence-corrected chi connectivity index (χ4v) is 2.25. The molecule has 20 heavy (non-hydrogen) atoms. The molecule has 0 amide bonds. The first kappa shape index (κ1) is 17.0. The van der Waals surface area contributed by atoms with Gasteiger partial charge in [0.1, 0.15) is 5.82 Å². The molecule has 1 nitrogen and oxygen atoms in total. The van der Waals surface area contributed by atoms with Crippen molar-refractivity contribution in [2.75, 3.05) is 6.54 Å². The zero-order chi connectivity index (χ0) is 15.2. The van der Waals surface area contributed by atoms with Gasteiger partial charge in [0.05, 0.1) is 5.56 Å². The molecule has 1 atom stereocenters. The zero-order valence-corrected chi connectivity index (χ0v) is 11.9. The first-order valence-corrected chi connectivity index (χ1v) is 7.00. The predicted octanol–water partition coefficient (Wildman–Crippen LogP) is 5.08. The second kappa shape index (κ2) is 7.62. The third-order valence-electron chi connectivity index (χ3n) is 3.26. The quantitative estimate of drug-likeness (QED) is 0.546. The summed E-state index contributed by atoms with van der Waals surface area (Å²) in [7, 11) is 0. The molecule has 114 valence electrons. The van der Waals surface area contributed by atoms with Crippen LogP contribution in [0.15, 0.2) is 18.2 Å². The number of hydrogen-bond donors (Lipinski definition) is 1. The molecule has 0 saturated carbocycles. The van der Waals surface area contributed by atoms with Gasteiger partial charge in [0, 0.05) is 11.6 Å². The lowest BCUT2D eigenvalue weighted by Crippen LogP contribution is -2.23. The van der Waals surface area contributed by atoms with Gasteiger partial charge in [-0.15, -0.1) is 0 Å². The summed E-state index contributed by atoms with van der Waals surface area (Å²) in [6, 6.07) is 3.12. The molecule has 1 unspecified atom stereocenters. The number of unbranched alkanes of at least 4 members (excludes halogenated alkanes) is 2. The third kappa shape index (κ3) is 4.47. The van der Waals surface area contributed by atoms with Gasteiger partial charge in [-0.25, -0.2) is 4.39 Å². The van der Waals surface area contributed by atoms with Gasteiger partial charge in [0.25, 0.3) is 0 Å². The van der Waals surface area contributed by atoms with Crippen molar-refractivity contribution in [3.05, 3.63) is 35.1 Å². The van der Waals surface area contributed by atoms with E-state index in [2.05, 4.69) is 5.32 Å². The summed E-state index contributed by atoms with van der Waals surface area (Å²) >= 11 is 0. The number of nitrogens with one attached hydrogen (secondary N) is 1. The number of halogens is 4. The highest BCUT2D eigenvalue weighted by Gasteiger charge is 2.35. The van der Waals surface area contributed by atoms with Crippen molar-refractivity contribution in [2.24, 2.45) is 0 Å². The first-order chi connectivity index (χ1) is 9.41. The summed E-state index contributed by atoms with van der Waals surface area (Å²) in [5.74, 6) is -1.15. The lowest BCUT2D eigenvalue weighted by Gasteiger charge is -2.20. The minimum Gasteiger partial charge on any atom is -0.310 e. The van der Waals surface area contributed by atoms with Crippen molar-refractivity contribution in [1.29, 1.82) is 0 Å². The van der Waals surface area contributed by atoms with E-state index in [-0.39, 0.29) is 11.6 Å². The van der Waals surface area contributed by atoms with E-state index in [9.17, 15) is 17.6 Å². The number of hydrogen-bond acceptors (Lipinski definition) is 1. The van der Waals surface area contributed by atoms with Gasteiger partial charge in [-0.1, -0.05) is 45.2 Å². The Bertz CT molecular complexity index is 415. The summed E-state index contributed by atoms with van der Waals surface area (Å²) in [6.07, 6.45) is -1.14. The van der Waals surface area contributed by atoms with Gasteiger partial charge in [-0.05, 0) is 19.0 Å². The van der Waals surface area contributed by atoms with Crippen LogP contribution in [-0.4, -0.2) is 6.54 Å². The standard InChI is InChI=1S/C15H21F4N/c1-3-5-6-10-13(20-4-2)11-8-7-9-12(14(11)16)15(17,18)19/h7-9,13,20H,3-6,10H2,1-2H3. The van der Waals surface area contributed by atoms with Crippen molar-refractivity contribution >= 4 is 0 Å². The lowest BCUT2D eigenvalue weighted by molar-refractivity contribution is -0.140. The Morgan fingerprint density at radius 1 is 1.15 bits per heavy atom. The summed E-state index contributed by atoms with van der Waals surface area (Å²) in [5.41, 5.74) is -1.08. The predicted molar refractivity (Wildman–Crippen MR) is 72.0 cm³/mol. The second-order valence-electron chi connectivity index (χ2n) is 4.81. The molecule has 1 rings (SSSR count). The molecule has 1 N–H and O–H groups in total. The van der Waals surface area contributed by atoms with E-state index < -0.39 is 17.6 Å². The highest BCUT2D eigenvalue weighted by Crippen LogP contribution is 2.34. The van der Waals surface area contributed by atoms with Gasteiger partial charge < -0.3 is 5.32 Å². The van der Waals surface area contributed by atoms with Gasteiger partial charge >= 0.3 is 6.18 Å². The number of alkyl halides is 3. The molecule has 0 fully saturated rings. The van der Waals surface area contributed by atoms with Crippen molar-refractivity contribution < 1.29 is 17.6 Å². The molecule has 0 aromatic heterocycles. The first-order valence-electron chi connectivity index (χ1n) is 7.00. The number of benzene rings is 1. The molecule has 0 aliphatic heterocycles. The van der Waals surface area contributed by atoms with Crippen LogP contribution in [0.5, 0.6) is 0 Å². The second-order valence-corrected chi connectivity index (χ2v) is 4.81. The molecule has 0 aliphatic carbocycles. The van der Waals surface area contributed by atoms with Gasteiger partial charge in [-0.2, -0.15) is 13.2 Å². The number of rotatable bonds is 7. The highest BCUT2D eigenvalue weighted by atomic mass is 19.4. The van der Waals surface area contributed by atoms with Crippen LogP contribution in [-0.2, 0) is 6.18 Å². The Morgan fingerprint density at radius 3 is 2.40 bits per heavy atom. The average Bonchev–Trinajstić information content (AvgIpc) is 2.37. The minimum atomic E-state index is -4.65. The molecular formula is C15H21F4N. The Hall–Kier alpha value is -1.10. The average molecular weight is 291 g/mol. The van der Waals surface area contributed by atoms with E-state index >= 15 is 0 Å². The molecule has 0 aliphatic rings. The van der Waals surface area contributed by atoms with Crippen LogP contribution in [0.25, 0.3) is 0 Å². The normalized spacial score (nSPS) is 13.5. The van der Waals surface area contributed by atoms with E-state index in [1.807, 2.05) is 13.8 Å². The van der Waals surface area contributed by atoms with Gasteiger partial charge in [0.15, 0.2) is 0 Å². The summed E-state index contributed by atoms with van der Waals surface area (Å²) in [6.45, 7) is 4.50. The summed E-state index contributed by atoms with van der Waals surface area (Å²) in [4.78, 5) is 0. The van der Waals surface area contributed by atoms with Crippen LogP contribution >= 0.6 is 0 Å². The molecular weight excluding hydrogens is 270 g/mol. The largest absolute Gasteiger partial charge is 0.419 e. The highest BCUT2D eigenvalue weighted by molar-refractivity contribution is 5.30. The molecule has 5 heteroatoms. The monoisotopic (exact) mass is 291 g/mol. The maximum atomic E-state index is 14.1. The lowest BCUT2D eigenvalue weighted by atomic mass is 9.97. The van der Waals surface area contributed by atoms with Crippen molar-refractivity contribution in [3.8, 4) is 0 Å². The van der Waals surface area contributed by atoms with Crippen LogP contribution in [0, 0.1) is 5.82 Å². The maximum Gasteiger partial charge on any atom is 0.419 e. The Kier molecular flexibility index (Phi) is 6.46. The van der Waals surface area contributed by atoms with Crippen LogP contribution in [0.3, 0.4) is 0 Å². The van der Waals surface area contributed by atoms with Crippen LogP contribution < -0.4 is 5.32 Å². The molecule has 1 aromatic rings. The van der Waals surface area contributed by atoms with Crippen LogP contribution in [0.1, 0.15) is 56.7 Å². The van der Waals surface area contributed by atoms with E-state index in [0.717, 1.165) is 25.3 Å². The van der Waals surface area contributed by atoms with E-state index in [1.54, 1.807) is 0 Å². The zero-order valence-electron chi connectivity index (χ0n) is 11.9. The van der Waals surface area contributed by atoms with E-state index in [1.165, 1.54) is 12.1 Å². The molecule has 0 heterocycles. The van der Waals surface area contributed by atoms with Crippen molar-refractivity contribution in [2.45, 2.75) is 51.7 Å². The molecule has 0 radical (unpaired) electrons. The topological polar surface area (TPSA) is 12.0 Å². The Labute approximate surface area is 117 Å². The molecule has 0 saturated heterocycles. The smallest absolute Gasteiger partial charge is 0.310 e. The molecule has 0 bridgehead atoms. The van der Waals surface area contributed by atoms with Gasteiger partial charge in [0.2, 0.25) is 0 Å². The third-order valence-corrected chi connectivity index (χ3v) is 3.26. The van der Waals surface area contributed by atoms with Crippen LogP contribution in [0.4, 0.5) is 17.6 Å². The van der Waals surface area contributed by atoms with Crippen molar-refractivity contribution in [1.82, 2.24) is 5.32 Å². The molecule has 1 aromatic carbocycles. The van der Waals surface area contributed by atoms with E-state index in [4.69, 9.17) is 0 Å². The fourth-order valence-electron chi connectivity index (χ4n) is 2.25. The Morgan fingerprint density at radius 2 is 1.85 bits per heavy atom. The van der Waals surface area contributed by atoms with Crippen molar-refractivity contribution in [3.63, 3.8) is 0 Å².